The van der Waals surface area contributed by atoms with Crippen molar-refractivity contribution in [1.82, 2.24) is 9.80 Å². The number of hydrogen-bond acceptors (Lipinski definition) is 3. The van der Waals surface area contributed by atoms with Gasteiger partial charge in [0.25, 0.3) is 0 Å². The average Bonchev–Trinajstić information content (AvgIpc) is 3.12. The molecule has 0 N–H and O–H groups in total. The summed E-state index contributed by atoms with van der Waals surface area (Å²) in [4.78, 5) is 28.4. The van der Waals surface area contributed by atoms with Gasteiger partial charge in [-0.2, -0.15) is 0 Å². The van der Waals surface area contributed by atoms with Crippen LogP contribution in [-0.4, -0.2) is 61.5 Å². The Kier molecular flexibility index (Phi) is 3.95. The number of rotatable bonds is 4. The van der Waals surface area contributed by atoms with Crippen LogP contribution >= 0.6 is 0 Å². The van der Waals surface area contributed by atoms with Crippen LogP contribution in [0.5, 0.6) is 0 Å². The van der Waals surface area contributed by atoms with Gasteiger partial charge in [0.2, 0.25) is 11.8 Å². The molecule has 0 aromatic heterocycles. The molecule has 0 unspecified atom stereocenters. The highest BCUT2D eigenvalue weighted by atomic mass is 16.5. The first-order valence-electron chi connectivity index (χ1n) is 8.10. The lowest BCUT2D eigenvalue weighted by molar-refractivity contribution is -0.135. The van der Waals surface area contributed by atoms with E-state index in [1.54, 1.807) is 7.11 Å². The van der Waals surface area contributed by atoms with Gasteiger partial charge in [0.05, 0.1) is 6.61 Å². The van der Waals surface area contributed by atoms with E-state index in [4.69, 9.17) is 4.74 Å². The second kappa shape index (κ2) is 5.59. The third-order valence-corrected chi connectivity index (χ3v) is 5.53. The summed E-state index contributed by atoms with van der Waals surface area (Å²) >= 11 is 0. The third-order valence-electron chi connectivity index (χ3n) is 5.53. The summed E-state index contributed by atoms with van der Waals surface area (Å²) in [6.07, 6.45) is 3.65. The minimum atomic E-state index is 0.108. The topological polar surface area (TPSA) is 49.9 Å². The van der Waals surface area contributed by atoms with Gasteiger partial charge in [-0.05, 0) is 25.2 Å². The molecule has 2 atom stereocenters. The number of nitrogens with zero attached hydrogens (tertiary/aromatic N) is 2. The van der Waals surface area contributed by atoms with E-state index in [9.17, 15) is 9.59 Å². The minimum Gasteiger partial charge on any atom is -0.383 e. The molecule has 0 aromatic carbocycles. The van der Waals surface area contributed by atoms with Crippen LogP contribution in [0.1, 0.15) is 32.6 Å². The fraction of sp³-hybridized carbons (Fsp3) is 0.875. The van der Waals surface area contributed by atoms with Gasteiger partial charge < -0.3 is 14.5 Å². The summed E-state index contributed by atoms with van der Waals surface area (Å²) in [6, 6.07) is 0. The molecule has 1 saturated carbocycles. The SMILES string of the molecule is COCCN1CC2(CCN(C(=O)[C@H]3C[C@H]3C)CC2)CC1=O. The normalized spacial score (nSPS) is 31.0. The molecule has 0 bridgehead atoms. The first-order valence-corrected chi connectivity index (χ1v) is 8.10. The summed E-state index contributed by atoms with van der Waals surface area (Å²) < 4.78 is 5.07. The van der Waals surface area contributed by atoms with Crippen LogP contribution in [0.25, 0.3) is 0 Å². The van der Waals surface area contributed by atoms with Crippen molar-refractivity contribution >= 4 is 11.8 Å². The highest BCUT2D eigenvalue weighted by Crippen LogP contribution is 2.43. The Balaban J connectivity index is 1.53. The van der Waals surface area contributed by atoms with Crippen molar-refractivity contribution in [3.8, 4) is 0 Å². The molecule has 1 aliphatic carbocycles. The highest BCUT2D eigenvalue weighted by molar-refractivity contribution is 5.82. The van der Waals surface area contributed by atoms with Crippen LogP contribution in [0.15, 0.2) is 0 Å². The van der Waals surface area contributed by atoms with Crippen molar-refractivity contribution in [3.05, 3.63) is 0 Å². The molecule has 3 rings (SSSR count). The zero-order chi connectivity index (χ0) is 15.0. The van der Waals surface area contributed by atoms with E-state index >= 15 is 0 Å². The van der Waals surface area contributed by atoms with Gasteiger partial charge in [-0.1, -0.05) is 6.92 Å². The maximum Gasteiger partial charge on any atom is 0.225 e. The van der Waals surface area contributed by atoms with Crippen molar-refractivity contribution in [3.63, 3.8) is 0 Å². The van der Waals surface area contributed by atoms with Crippen LogP contribution in [0.2, 0.25) is 0 Å². The molecule has 0 aromatic rings. The maximum absolute atomic E-state index is 12.3. The molecule has 5 nitrogen and oxygen atoms in total. The van der Waals surface area contributed by atoms with Crippen molar-refractivity contribution < 1.29 is 14.3 Å². The summed E-state index contributed by atoms with van der Waals surface area (Å²) in [5.74, 6) is 1.45. The van der Waals surface area contributed by atoms with Gasteiger partial charge in [-0.3, -0.25) is 9.59 Å². The van der Waals surface area contributed by atoms with Crippen LogP contribution in [0, 0.1) is 17.3 Å². The molecule has 118 valence electrons. The Morgan fingerprint density at radius 3 is 2.62 bits per heavy atom. The smallest absolute Gasteiger partial charge is 0.225 e. The standard InChI is InChI=1S/C16H26N2O3/c1-12-9-13(12)15(20)17-5-3-16(4-6-17)10-14(19)18(11-16)7-8-21-2/h12-13H,3-11H2,1-2H3/t12-,13+/m1/s1. The van der Waals surface area contributed by atoms with Crippen LogP contribution in [-0.2, 0) is 14.3 Å². The number of likely N-dealkylation sites (tertiary alicyclic amines) is 2. The quantitative estimate of drug-likeness (QED) is 0.781. The summed E-state index contributed by atoms with van der Waals surface area (Å²) in [6.45, 7) is 5.95. The van der Waals surface area contributed by atoms with Crippen molar-refractivity contribution in [1.29, 1.82) is 0 Å². The molecule has 2 amide bonds. The molecule has 21 heavy (non-hydrogen) atoms. The number of carbonyl (C=O) groups excluding carboxylic acids is 2. The molecule has 2 saturated heterocycles. The lowest BCUT2D eigenvalue weighted by Crippen LogP contribution is -2.45. The van der Waals surface area contributed by atoms with E-state index < -0.39 is 0 Å². The van der Waals surface area contributed by atoms with Crippen molar-refractivity contribution in [2.24, 2.45) is 17.3 Å². The molecule has 1 spiro atoms. The predicted molar refractivity (Wildman–Crippen MR) is 78.6 cm³/mol. The molecule has 3 aliphatic rings. The lowest BCUT2D eigenvalue weighted by Gasteiger charge is -2.39. The number of hydrogen-bond donors (Lipinski definition) is 0. The van der Waals surface area contributed by atoms with E-state index in [1.165, 1.54) is 0 Å². The zero-order valence-electron chi connectivity index (χ0n) is 13.1. The van der Waals surface area contributed by atoms with Gasteiger partial charge in [0.15, 0.2) is 0 Å². The average molecular weight is 294 g/mol. The Labute approximate surface area is 126 Å². The van der Waals surface area contributed by atoms with Gasteiger partial charge in [-0.15, -0.1) is 0 Å². The first-order chi connectivity index (χ1) is 10.0. The third kappa shape index (κ3) is 2.93. The molecule has 2 aliphatic heterocycles. The second-order valence-corrected chi connectivity index (χ2v) is 7.13. The Hall–Kier alpha value is -1.10. The molecule has 5 heteroatoms. The van der Waals surface area contributed by atoms with Gasteiger partial charge in [0, 0.05) is 51.0 Å². The van der Waals surface area contributed by atoms with Crippen LogP contribution in [0.3, 0.4) is 0 Å². The van der Waals surface area contributed by atoms with E-state index in [0.717, 1.165) is 38.9 Å². The second-order valence-electron chi connectivity index (χ2n) is 7.13. The fourth-order valence-electron chi connectivity index (χ4n) is 3.82. The van der Waals surface area contributed by atoms with E-state index in [0.29, 0.717) is 31.4 Å². The summed E-state index contributed by atoms with van der Waals surface area (Å²) in [5.41, 5.74) is 0.108. The van der Waals surface area contributed by atoms with E-state index in [1.807, 2.05) is 9.80 Å². The number of ether oxygens (including phenoxy) is 1. The number of piperidine rings is 1. The first kappa shape index (κ1) is 14.8. The molecule has 2 heterocycles. The van der Waals surface area contributed by atoms with Crippen LogP contribution in [0.4, 0.5) is 0 Å². The molecule has 3 fully saturated rings. The van der Waals surface area contributed by atoms with Gasteiger partial charge >= 0.3 is 0 Å². The monoisotopic (exact) mass is 294 g/mol. The zero-order valence-corrected chi connectivity index (χ0v) is 13.1. The maximum atomic E-state index is 12.3. The number of amides is 2. The number of methoxy groups -OCH3 is 1. The van der Waals surface area contributed by atoms with E-state index in [-0.39, 0.29) is 17.2 Å². The molecular weight excluding hydrogens is 268 g/mol. The molecule has 0 radical (unpaired) electrons. The van der Waals surface area contributed by atoms with E-state index in [2.05, 4.69) is 6.92 Å². The summed E-state index contributed by atoms with van der Waals surface area (Å²) in [5, 5.41) is 0. The molecular formula is C16H26N2O3. The Bertz CT molecular complexity index is 429. The summed E-state index contributed by atoms with van der Waals surface area (Å²) in [7, 11) is 1.67. The van der Waals surface area contributed by atoms with Crippen molar-refractivity contribution in [2.75, 3.05) is 39.9 Å². The van der Waals surface area contributed by atoms with Gasteiger partial charge in [-0.25, -0.2) is 0 Å². The van der Waals surface area contributed by atoms with Gasteiger partial charge in [0.1, 0.15) is 0 Å². The Morgan fingerprint density at radius 2 is 2.05 bits per heavy atom. The predicted octanol–water partition coefficient (Wildman–Crippen LogP) is 1.13. The Morgan fingerprint density at radius 1 is 1.38 bits per heavy atom. The van der Waals surface area contributed by atoms with Crippen molar-refractivity contribution in [2.45, 2.75) is 32.6 Å². The largest absolute Gasteiger partial charge is 0.383 e. The number of carbonyl (C=O) groups is 2. The van der Waals surface area contributed by atoms with Crippen LogP contribution < -0.4 is 0 Å². The minimum absolute atomic E-state index is 0.108. The fourth-order valence-corrected chi connectivity index (χ4v) is 3.82. The lowest BCUT2D eigenvalue weighted by atomic mass is 9.77. The highest BCUT2D eigenvalue weighted by Gasteiger charge is 2.47.